The number of likely N-dealkylation sites (N-methyl/N-ethyl adjacent to an activating group) is 1. The first-order valence-corrected chi connectivity index (χ1v) is 11.4. The second-order valence-electron chi connectivity index (χ2n) is 7.98. The minimum Gasteiger partial charge on any atom is -0.351 e. The van der Waals surface area contributed by atoms with Crippen molar-refractivity contribution in [3.05, 3.63) is 12.2 Å². The predicted octanol–water partition coefficient (Wildman–Crippen LogP) is 5.24. The number of aliphatic imine (C=N–C) groups is 1. The highest BCUT2D eigenvalue weighted by Gasteiger charge is 2.35. The van der Waals surface area contributed by atoms with Crippen LogP contribution in [0.4, 0.5) is 0 Å². The molecular weight excluding hydrogens is 334 g/mol. The summed E-state index contributed by atoms with van der Waals surface area (Å²) in [5.41, 5.74) is 0. The van der Waals surface area contributed by atoms with Crippen molar-refractivity contribution in [1.29, 1.82) is 0 Å². The lowest BCUT2D eigenvalue weighted by Gasteiger charge is -2.33. The Morgan fingerprint density at radius 2 is 1.70 bits per heavy atom. The molecule has 1 amide bonds. The van der Waals surface area contributed by atoms with E-state index in [0.29, 0.717) is 0 Å². The van der Waals surface area contributed by atoms with Crippen molar-refractivity contribution < 1.29 is 9.28 Å². The lowest BCUT2D eigenvalue weighted by molar-refractivity contribution is -0.833. The Kier molecular flexibility index (Phi) is 13.1. The third kappa shape index (κ3) is 10.1. The highest BCUT2D eigenvalue weighted by Crippen LogP contribution is 2.20. The van der Waals surface area contributed by atoms with Crippen molar-refractivity contribution in [2.24, 2.45) is 4.99 Å². The number of amidine groups is 1. The van der Waals surface area contributed by atoms with Gasteiger partial charge in [0.1, 0.15) is 13.1 Å². The lowest BCUT2D eigenvalue weighted by atomic mass is 10.1. The van der Waals surface area contributed by atoms with Crippen molar-refractivity contribution in [2.75, 3.05) is 32.7 Å². The fourth-order valence-corrected chi connectivity index (χ4v) is 4.10. The van der Waals surface area contributed by atoms with Crippen LogP contribution in [0.3, 0.4) is 0 Å². The third-order valence-corrected chi connectivity index (χ3v) is 5.90. The smallest absolute Gasteiger partial charge is 0.217 e. The van der Waals surface area contributed by atoms with Crippen LogP contribution in [0.2, 0.25) is 0 Å². The molecule has 0 bridgehead atoms. The highest BCUT2D eigenvalue weighted by atomic mass is 16.1. The molecular formula is C23H44N3O+. The van der Waals surface area contributed by atoms with Crippen LogP contribution in [0, 0.1) is 0 Å². The van der Waals surface area contributed by atoms with Gasteiger partial charge in [0.25, 0.3) is 0 Å². The summed E-state index contributed by atoms with van der Waals surface area (Å²) in [6, 6.07) is 0. The average molecular weight is 379 g/mol. The predicted molar refractivity (Wildman–Crippen MR) is 117 cm³/mol. The molecule has 1 unspecified atom stereocenters. The normalized spacial score (nSPS) is 19.6. The van der Waals surface area contributed by atoms with Gasteiger partial charge in [0.15, 0.2) is 5.84 Å². The second-order valence-corrected chi connectivity index (χ2v) is 7.98. The van der Waals surface area contributed by atoms with Gasteiger partial charge in [0, 0.05) is 13.3 Å². The van der Waals surface area contributed by atoms with Gasteiger partial charge in [-0.3, -0.25) is 9.28 Å². The maximum absolute atomic E-state index is 11.1. The van der Waals surface area contributed by atoms with E-state index in [1.54, 1.807) is 6.92 Å². The zero-order valence-electron chi connectivity index (χ0n) is 18.3. The van der Waals surface area contributed by atoms with Gasteiger partial charge < -0.3 is 5.32 Å². The van der Waals surface area contributed by atoms with Gasteiger partial charge in [-0.2, -0.15) is 0 Å². The number of hydrogen-bond acceptors (Lipinski definition) is 2. The molecule has 0 aromatic heterocycles. The molecule has 0 saturated heterocycles. The highest BCUT2D eigenvalue weighted by molar-refractivity contribution is 5.77. The zero-order valence-corrected chi connectivity index (χ0v) is 18.3. The standard InChI is InChI=1S/C23H43N3O/c1-4-6-7-8-9-10-11-12-13-14-15-16-17-23-25-19-21-26(23,5-2)20-18-24-22(3)27/h4,6H,5,7-21H2,1-3H3/p+1/b6-4+. The molecule has 1 rings (SSSR count). The Morgan fingerprint density at radius 3 is 2.30 bits per heavy atom. The summed E-state index contributed by atoms with van der Waals surface area (Å²) in [5, 5.41) is 2.95. The van der Waals surface area contributed by atoms with Gasteiger partial charge in [-0.05, 0) is 33.1 Å². The molecule has 4 nitrogen and oxygen atoms in total. The Labute approximate surface area is 168 Å². The third-order valence-electron chi connectivity index (χ3n) is 5.90. The van der Waals surface area contributed by atoms with Crippen LogP contribution in [-0.2, 0) is 4.79 Å². The molecule has 0 aliphatic carbocycles. The molecule has 0 fully saturated rings. The molecule has 27 heavy (non-hydrogen) atoms. The number of unbranched alkanes of at least 4 members (excludes halogenated alkanes) is 9. The van der Waals surface area contributed by atoms with Crippen LogP contribution >= 0.6 is 0 Å². The fourth-order valence-electron chi connectivity index (χ4n) is 4.10. The summed E-state index contributed by atoms with van der Waals surface area (Å²) in [6.45, 7) is 10.9. The number of hydrogen-bond donors (Lipinski definition) is 1. The molecule has 1 heterocycles. The number of rotatable bonds is 16. The van der Waals surface area contributed by atoms with E-state index in [1.165, 1.54) is 70.0 Å². The van der Waals surface area contributed by atoms with Crippen molar-refractivity contribution in [3.8, 4) is 0 Å². The van der Waals surface area contributed by atoms with Gasteiger partial charge in [0.05, 0.1) is 19.6 Å². The van der Waals surface area contributed by atoms with E-state index in [-0.39, 0.29) is 5.91 Å². The summed E-state index contributed by atoms with van der Waals surface area (Å²) in [6.07, 6.45) is 19.1. The minimum absolute atomic E-state index is 0.0692. The number of allylic oxidation sites excluding steroid dienone is 2. The first-order chi connectivity index (χ1) is 13.1. The van der Waals surface area contributed by atoms with E-state index in [4.69, 9.17) is 4.99 Å². The Balaban J connectivity index is 2.08. The number of carbonyl (C=O) groups is 1. The van der Waals surface area contributed by atoms with Gasteiger partial charge in [-0.15, -0.1) is 0 Å². The summed E-state index contributed by atoms with van der Waals surface area (Å²) in [5.74, 6) is 1.45. The molecule has 1 atom stereocenters. The quantitative estimate of drug-likeness (QED) is 0.223. The first kappa shape index (κ1) is 23.9. The van der Waals surface area contributed by atoms with E-state index in [2.05, 4.69) is 31.3 Å². The van der Waals surface area contributed by atoms with E-state index < -0.39 is 0 Å². The molecule has 0 radical (unpaired) electrons. The molecule has 1 aliphatic rings. The molecule has 156 valence electrons. The Bertz CT molecular complexity index is 459. The molecule has 0 aromatic rings. The summed E-state index contributed by atoms with van der Waals surface area (Å²) < 4.78 is 0.994. The number of amides is 1. The van der Waals surface area contributed by atoms with Gasteiger partial charge >= 0.3 is 0 Å². The van der Waals surface area contributed by atoms with Crippen LogP contribution < -0.4 is 5.32 Å². The maximum atomic E-state index is 11.1. The topological polar surface area (TPSA) is 41.5 Å². The van der Waals surface area contributed by atoms with Crippen molar-refractivity contribution in [2.45, 2.75) is 91.4 Å². The summed E-state index contributed by atoms with van der Waals surface area (Å²) in [4.78, 5) is 16.0. The molecule has 1 N–H and O–H groups in total. The molecule has 4 heteroatoms. The van der Waals surface area contributed by atoms with E-state index in [0.717, 1.165) is 43.6 Å². The minimum atomic E-state index is 0.0692. The number of quaternary nitrogens is 1. The fraction of sp³-hybridized carbons (Fsp3) is 0.826. The van der Waals surface area contributed by atoms with E-state index in [1.807, 2.05) is 0 Å². The molecule has 0 spiro atoms. The second kappa shape index (κ2) is 14.8. The molecule has 0 saturated carbocycles. The molecule has 0 aromatic carbocycles. The van der Waals surface area contributed by atoms with Crippen LogP contribution in [0.1, 0.15) is 91.4 Å². The SMILES string of the molecule is C/C=C/CCCCCCCCCCCC1=NCC[N+]1(CC)CCNC(C)=O. The Hall–Kier alpha value is -1.16. The number of nitrogens with one attached hydrogen (secondary N) is 1. The zero-order chi connectivity index (χ0) is 19.8. The summed E-state index contributed by atoms with van der Waals surface area (Å²) >= 11 is 0. The van der Waals surface area contributed by atoms with Crippen molar-refractivity contribution in [1.82, 2.24) is 5.32 Å². The van der Waals surface area contributed by atoms with Gasteiger partial charge in [-0.25, -0.2) is 4.99 Å². The average Bonchev–Trinajstić information content (AvgIpc) is 3.05. The largest absolute Gasteiger partial charge is 0.351 e. The van der Waals surface area contributed by atoms with Crippen molar-refractivity contribution in [3.63, 3.8) is 0 Å². The van der Waals surface area contributed by atoms with Crippen LogP contribution in [0.25, 0.3) is 0 Å². The van der Waals surface area contributed by atoms with Crippen LogP contribution in [0.15, 0.2) is 17.1 Å². The lowest BCUT2D eigenvalue weighted by Crippen LogP contribution is -2.54. The van der Waals surface area contributed by atoms with E-state index >= 15 is 0 Å². The number of nitrogens with zero attached hydrogens (tertiary/aromatic N) is 2. The molecule has 1 aliphatic heterocycles. The monoisotopic (exact) mass is 378 g/mol. The van der Waals surface area contributed by atoms with Crippen LogP contribution in [0.5, 0.6) is 0 Å². The van der Waals surface area contributed by atoms with Gasteiger partial charge in [-0.1, -0.05) is 57.1 Å². The van der Waals surface area contributed by atoms with Crippen molar-refractivity contribution >= 4 is 11.7 Å². The van der Waals surface area contributed by atoms with Crippen LogP contribution in [-0.4, -0.2) is 48.9 Å². The van der Waals surface area contributed by atoms with E-state index in [9.17, 15) is 4.79 Å². The van der Waals surface area contributed by atoms with Gasteiger partial charge in [0.2, 0.25) is 5.91 Å². The maximum Gasteiger partial charge on any atom is 0.217 e. The first-order valence-electron chi connectivity index (χ1n) is 11.4. The Morgan fingerprint density at radius 1 is 1.07 bits per heavy atom. The summed E-state index contributed by atoms with van der Waals surface area (Å²) in [7, 11) is 0. The number of carbonyl (C=O) groups excluding carboxylic acids is 1.